The average Bonchev–Trinajstić information content (AvgIpc) is 2.03. The molecule has 66 valence electrons. The van der Waals surface area contributed by atoms with Gasteiger partial charge >= 0.3 is 6.09 Å². The van der Waals surface area contributed by atoms with Crippen LogP contribution in [0.1, 0.15) is 13.3 Å². The Balaban J connectivity index is 4.48. The van der Waals surface area contributed by atoms with Gasteiger partial charge in [0.1, 0.15) is 0 Å². The van der Waals surface area contributed by atoms with E-state index in [1.807, 2.05) is 0 Å². The number of amides is 1. The molecule has 0 aromatic rings. The number of nitrogens with zero attached hydrogens (tertiary/aromatic N) is 1. The summed E-state index contributed by atoms with van der Waals surface area (Å²) in [6.45, 7) is 4.77. The summed E-state index contributed by atoms with van der Waals surface area (Å²) in [4.78, 5) is 24.8. The van der Waals surface area contributed by atoms with E-state index in [0.717, 1.165) is 0 Å². The molecule has 0 aliphatic heterocycles. The lowest BCUT2D eigenvalue weighted by Crippen LogP contribution is -2.11. The van der Waals surface area contributed by atoms with E-state index in [9.17, 15) is 9.59 Å². The van der Waals surface area contributed by atoms with Crippen molar-refractivity contribution in [2.75, 3.05) is 7.11 Å². The Hall–Kier alpha value is -1.45. The van der Waals surface area contributed by atoms with E-state index >= 15 is 0 Å². The molecule has 4 heteroatoms. The van der Waals surface area contributed by atoms with Gasteiger partial charge in [-0.1, -0.05) is 6.08 Å². The van der Waals surface area contributed by atoms with Crippen LogP contribution in [0, 0.1) is 0 Å². The molecule has 4 nitrogen and oxygen atoms in total. The largest absolute Gasteiger partial charge is 0.451 e. The van der Waals surface area contributed by atoms with E-state index in [0.29, 0.717) is 0 Å². The average molecular weight is 169 g/mol. The number of carbonyl (C=O) groups excluding carboxylic acids is 2. The van der Waals surface area contributed by atoms with Crippen molar-refractivity contribution in [2.24, 2.45) is 4.99 Å². The Kier molecular flexibility index (Phi) is 4.60. The zero-order valence-electron chi connectivity index (χ0n) is 7.16. The fourth-order valence-corrected chi connectivity index (χ4v) is 0.561. The van der Waals surface area contributed by atoms with Gasteiger partial charge in [0.2, 0.25) is 0 Å². The van der Waals surface area contributed by atoms with Crippen LogP contribution in [-0.2, 0) is 9.53 Å². The van der Waals surface area contributed by atoms with Crippen molar-refractivity contribution in [3.8, 4) is 0 Å². The van der Waals surface area contributed by atoms with E-state index in [1.165, 1.54) is 20.1 Å². The highest BCUT2D eigenvalue weighted by Gasteiger charge is 2.06. The molecule has 0 heterocycles. The molecule has 0 rings (SSSR count). The van der Waals surface area contributed by atoms with Crippen LogP contribution in [0.4, 0.5) is 4.79 Å². The molecule has 0 atom stereocenters. The standard InChI is InChI=1S/C8H11NO3/c1-4-5-7(6(2)10)9-8(11)12-3/h4H,1,5H2,2-3H3/b9-7+. The van der Waals surface area contributed by atoms with Gasteiger partial charge in [-0.05, 0) is 0 Å². The smallest absolute Gasteiger partial charge is 0.433 e. The third-order valence-electron chi connectivity index (χ3n) is 1.14. The molecule has 0 spiro atoms. The van der Waals surface area contributed by atoms with Crippen LogP contribution in [0.2, 0.25) is 0 Å². The summed E-state index contributed by atoms with van der Waals surface area (Å²) < 4.78 is 4.26. The lowest BCUT2D eigenvalue weighted by atomic mass is 10.2. The van der Waals surface area contributed by atoms with Crippen molar-refractivity contribution < 1.29 is 14.3 Å². The van der Waals surface area contributed by atoms with Gasteiger partial charge < -0.3 is 4.74 Å². The van der Waals surface area contributed by atoms with Crippen LogP contribution in [0.25, 0.3) is 0 Å². The summed E-state index contributed by atoms with van der Waals surface area (Å²) in [6, 6.07) is 0. The summed E-state index contributed by atoms with van der Waals surface area (Å²) >= 11 is 0. The van der Waals surface area contributed by atoms with Crippen LogP contribution in [0.5, 0.6) is 0 Å². The Bertz CT molecular complexity index is 230. The Morgan fingerprint density at radius 3 is 2.50 bits per heavy atom. The van der Waals surface area contributed by atoms with E-state index in [2.05, 4.69) is 16.3 Å². The number of ketones is 1. The predicted molar refractivity (Wildman–Crippen MR) is 45.3 cm³/mol. The van der Waals surface area contributed by atoms with E-state index in [-0.39, 0.29) is 17.9 Å². The van der Waals surface area contributed by atoms with Gasteiger partial charge in [-0.15, -0.1) is 6.58 Å². The summed E-state index contributed by atoms with van der Waals surface area (Å²) in [5, 5.41) is 0. The molecule has 0 aromatic heterocycles. The van der Waals surface area contributed by atoms with Gasteiger partial charge in [-0.25, -0.2) is 4.79 Å². The van der Waals surface area contributed by atoms with Crippen LogP contribution in [0.15, 0.2) is 17.6 Å². The number of aliphatic imine (C=N–C) groups is 1. The van der Waals surface area contributed by atoms with Crippen molar-refractivity contribution in [2.45, 2.75) is 13.3 Å². The van der Waals surface area contributed by atoms with Crippen molar-refractivity contribution >= 4 is 17.6 Å². The van der Waals surface area contributed by atoms with Gasteiger partial charge in [0, 0.05) is 13.3 Å². The fourth-order valence-electron chi connectivity index (χ4n) is 0.561. The second-order valence-corrected chi connectivity index (χ2v) is 2.08. The molecule has 0 aromatic carbocycles. The number of ether oxygens (including phenoxy) is 1. The first-order valence-corrected chi connectivity index (χ1v) is 3.39. The topological polar surface area (TPSA) is 55.7 Å². The van der Waals surface area contributed by atoms with Crippen LogP contribution in [0.3, 0.4) is 0 Å². The highest BCUT2D eigenvalue weighted by Crippen LogP contribution is 1.92. The van der Waals surface area contributed by atoms with E-state index in [4.69, 9.17) is 0 Å². The maximum absolute atomic E-state index is 10.8. The predicted octanol–water partition coefficient (Wildman–Crippen LogP) is 1.36. The molecule has 0 bridgehead atoms. The quantitative estimate of drug-likeness (QED) is 0.473. The third-order valence-corrected chi connectivity index (χ3v) is 1.14. The molecule has 1 amide bonds. The number of rotatable bonds is 3. The Morgan fingerprint density at radius 2 is 2.17 bits per heavy atom. The number of Topliss-reactive ketones (excluding diaryl/α,β-unsaturated/α-hetero) is 1. The van der Waals surface area contributed by atoms with Crippen molar-refractivity contribution in [3.05, 3.63) is 12.7 Å². The minimum Gasteiger partial charge on any atom is -0.451 e. The third kappa shape index (κ3) is 3.65. The van der Waals surface area contributed by atoms with Crippen LogP contribution < -0.4 is 0 Å². The molecule has 0 radical (unpaired) electrons. The van der Waals surface area contributed by atoms with E-state index < -0.39 is 6.09 Å². The summed E-state index contributed by atoms with van der Waals surface area (Å²) in [5.74, 6) is -0.250. The first-order valence-electron chi connectivity index (χ1n) is 3.39. The molecule has 0 saturated heterocycles. The Morgan fingerprint density at radius 1 is 1.58 bits per heavy atom. The number of hydrogen-bond acceptors (Lipinski definition) is 3. The maximum Gasteiger partial charge on any atom is 0.433 e. The molecule has 0 fully saturated rings. The Labute approximate surface area is 70.9 Å². The minimum atomic E-state index is -0.762. The fraction of sp³-hybridized carbons (Fsp3) is 0.375. The molecular weight excluding hydrogens is 158 g/mol. The monoisotopic (exact) mass is 169 g/mol. The molecule has 12 heavy (non-hydrogen) atoms. The summed E-state index contributed by atoms with van der Waals surface area (Å²) in [5.41, 5.74) is 0.164. The first-order chi connectivity index (χ1) is 5.61. The van der Waals surface area contributed by atoms with Gasteiger partial charge in [0.05, 0.1) is 12.8 Å². The second kappa shape index (κ2) is 5.23. The van der Waals surface area contributed by atoms with Crippen LogP contribution in [-0.4, -0.2) is 24.7 Å². The van der Waals surface area contributed by atoms with Crippen LogP contribution >= 0.6 is 0 Å². The second-order valence-electron chi connectivity index (χ2n) is 2.08. The number of methoxy groups -OCH3 is 1. The summed E-state index contributed by atoms with van der Waals surface area (Å²) in [6.07, 6.45) is 1.02. The number of hydrogen-bond donors (Lipinski definition) is 0. The highest BCUT2D eigenvalue weighted by molar-refractivity contribution is 6.40. The van der Waals surface area contributed by atoms with Crippen molar-refractivity contribution in [1.29, 1.82) is 0 Å². The maximum atomic E-state index is 10.8. The highest BCUT2D eigenvalue weighted by atomic mass is 16.5. The number of carbonyl (C=O) groups is 2. The molecule has 0 N–H and O–H groups in total. The lowest BCUT2D eigenvalue weighted by Gasteiger charge is -1.96. The van der Waals surface area contributed by atoms with Gasteiger partial charge in [0.15, 0.2) is 5.78 Å². The normalized spacial score (nSPS) is 10.7. The zero-order valence-corrected chi connectivity index (χ0v) is 7.16. The minimum absolute atomic E-state index is 0.164. The molecule has 0 unspecified atom stereocenters. The van der Waals surface area contributed by atoms with Crippen molar-refractivity contribution in [1.82, 2.24) is 0 Å². The molecular formula is C8H11NO3. The van der Waals surface area contributed by atoms with Gasteiger partial charge in [-0.2, -0.15) is 4.99 Å². The molecule has 0 saturated carbocycles. The zero-order chi connectivity index (χ0) is 9.56. The lowest BCUT2D eigenvalue weighted by molar-refractivity contribution is -0.111. The SMILES string of the molecule is C=CC/C(=N\C(=O)OC)C(C)=O. The van der Waals surface area contributed by atoms with Gasteiger partial charge in [-0.3, -0.25) is 4.79 Å². The van der Waals surface area contributed by atoms with E-state index in [1.54, 1.807) is 0 Å². The molecule has 0 aliphatic rings. The van der Waals surface area contributed by atoms with Gasteiger partial charge in [0.25, 0.3) is 0 Å². The summed E-state index contributed by atoms with van der Waals surface area (Å²) in [7, 11) is 1.21. The number of allylic oxidation sites excluding steroid dienone is 1. The van der Waals surface area contributed by atoms with Crippen molar-refractivity contribution in [3.63, 3.8) is 0 Å². The molecule has 0 aliphatic carbocycles. The first kappa shape index (κ1) is 10.6.